The quantitative estimate of drug-likeness (QED) is 0.700. The molecule has 0 aromatic carbocycles. The molecule has 1 aromatic heterocycles. The maximum atomic E-state index is 9.80. The Bertz CT molecular complexity index is 349. The van der Waals surface area contributed by atoms with Crippen LogP contribution in [0, 0.1) is 0 Å². The van der Waals surface area contributed by atoms with Crippen molar-refractivity contribution in [1.82, 2.24) is 4.98 Å². The lowest BCUT2D eigenvalue weighted by atomic mass is 10.0. The summed E-state index contributed by atoms with van der Waals surface area (Å²) >= 11 is 3.20. The Labute approximate surface area is 102 Å². The van der Waals surface area contributed by atoms with Crippen LogP contribution in [0.15, 0.2) is 12.3 Å². The number of aromatic nitrogens is 1. The van der Waals surface area contributed by atoms with Crippen molar-refractivity contribution in [3.05, 3.63) is 17.8 Å². The van der Waals surface area contributed by atoms with Gasteiger partial charge in [-0.3, -0.25) is 0 Å². The van der Waals surface area contributed by atoms with E-state index in [0.717, 1.165) is 0 Å². The molecule has 0 aliphatic carbocycles. The number of nitrogens with two attached hydrogens (primary N) is 1. The molecule has 0 bridgehead atoms. The van der Waals surface area contributed by atoms with E-state index in [9.17, 15) is 10.2 Å². The van der Waals surface area contributed by atoms with Gasteiger partial charge in [-0.15, -0.1) is 0 Å². The number of aliphatic hydroxyl groups is 2. The molecule has 2 atom stereocenters. The van der Waals surface area contributed by atoms with E-state index in [4.69, 9.17) is 10.5 Å². The number of aliphatic hydroxyl groups excluding tert-OH is 2. The van der Waals surface area contributed by atoms with Crippen molar-refractivity contribution in [1.29, 1.82) is 0 Å². The van der Waals surface area contributed by atoms with Gasteiger partial charge in [-0.25, -0.2) is 4.98 Å². The fraction of sp³-hybridized carbons (Fsp3) is 0.500. The molecule has 0 fully saturated rings. The average Bonchev–Trinajstić information content (AvgIpc) is 2.28. The molecule has 0 aliphatic rings. The molecule has 1 aromatic rings. The number of nitrogens with zero attached hydrogens (tertiary/aromatic N) is 1. The Balaban J connectivity index is 2.84. The summed E-state index contributed by atoms with van der Waals surface area (Å²) in [5, 5.41) is 20.0. The van der Waals surface area contributed by atoms with Gasteiger partial charge in [0.15, 0.2) is 0 Å². The van der Waals surface area contributed by atoms with Gasteiger partial charge in [-0.2, -0.15) is 0 Å². The zero-order valence-corrected chi connectivity index (χ0v) is 10.5. The summed E-state index contributed by atoms with van der Waals surface area (Å²) in [5.41, 5.74) is 6.47. The fourth-order valence-electron chi connectivity index (χ4n) is 1.31. The molecule has 1 heterocycles. The SMILES string of the molecule is COc1ncc(C(O)C(O)CCBr)cc1N. The third-order valence-electron chi connectivity index (χ3n) is 2.20. The van der Waals surface area contributed by atoms with Crippen molar-refractivity contribution in [2.24, 2.45) is 0 Å². The minimum atomic E-state index is -0.988. The average molecular weight is 291 g/mol. The molecule has 0 amide bonds. The van der Waals surface area contributed by atoms with Crippen molar-refractivity contribution in [3.63, 3.8) is 0 Å². The summed E-state index contributed by atoms with van der Waals surface area (Å²) in [4.78, 5) is 3.93. The summed E-state index contributed by atoms with van der Waals surface area (Å²) in [7, 11) is 1.47. The Morgan fingerprint density at radius 2 is 2.25 bits per heavy atom. The second-order valence-corrected chi connectivity index (χ2v) is 4.15. The molecule has 6 heteroatoms. The molecule has 1 rings (SSSR count). The van der Waals surface area contributed by atoms with Crippen LogP contribution in [0.4, 0.5) is 5.69 Å². The van der Waals surface area contributed by atoms with E-state index in [1.165, 1.54) is 13.3 Å². The Morgan fingerprint density at radius 1 is 1.56 bits per heavy atom. The van der Waals surface area contributed by atoms with Gasteiger partial charge in [-0.1, -0.05) is 15.9 Å². The number of halogens is 1. The number of ether oxygens (including phenoxy) is 1. The summed E-state index contributed by atoms with van der Waals surface area (Å²) in [6, 6.07) is 1.55. The van der Waals surface area contributed by atoms with Crippen molar-refractivity contribution in [2.75, 3.05) is 18.2 Å². The zero-order chi connectivity index (χ0) is 12.1. The molecule has 16 heavy (non-hydrogen) atoms. The number of alkyl halides is 1. The second kappa shape index (κ2) is 6.03. The van der Waals surface area contributed by atoms with E-state index in [-0.39, 0.29) is 0 Å². The number of nitrogen functional groups attached to an aromatic ring is 1. The van der Waals surface area contributed by atoms with E-state index in [1.54, 1.807) is 6.07 Å². The maximum absolute atomic E-state index is 9.80. The highest BCUT2D eigenvalue weighted by Crippen LogP contribution is 2.25. The molecule has 0 aliphatic heterocycles. The lowest BCUT2D eigenvalue weighted by molar-refractivity contribution is 0.0171. The van der Waals surface area contributed by atoms with Crippen molar-refractivity contribution in [3.8, 4) is 5.88 Å². The predicted octanol–water partition coefficient (Wildman–Crippen LogP) is 0.852. The van der Waals surface area contributed by atoms with Crippen LogP contribution in [0.3, 0.4) is 0 Å². The van der Waals surface area contributed by atoms with E-state index >= 15 is 0 Å². The first-order valence-electron chi connectivity index (χ1n) is 4.81. The summed E-state index contributed by atoms with van der Waals surface area (Å²) in [6.45, 7) is 0. The van der Waals surface area contributed by atoms with Crippen LogP contribution in [-0.4, -0.2) is 33.7 Å². The van der Waals surface area contributed by atoms with Gasteiger partial charge < -0.3 is 20.7 Å². The Kier molecular flexibility index (Phi) is 4.98. The van der Waals surface area contributed by atoms with Crippen LogP contribution in [0.5, 0.6) is 5.88 Å². The summed E-state index contributed by atoms with van der Waals surface area (Å²) in [5.74, 6) is 0.311. The molecule has 90 valence electrons. The van der Waals surface area contributed by atoms with Gasteiger partial charge in [0.1, 0.15) is 6.10 Å². The van der Waals surface area contributed by atoms with Gasteiger partial charge in [0.25, 0.3) is 0 Å². The van der Waals surface area contributed by atoms with E-state index < -0.39 is 12.2 Å². The minimum absolute atomic E-state index is 0.311. The predicted molar refractivity (Wildman–Crippen MR) is 64.6 cm³/mol. The van der Waals surface area contributed by atoms with Gasteiger partial charge >= 0.3 is 0 Å². The van der Waals surface area contributed by atoms with Crippen LogP contribution < -0.4 is 10.5 Å². The van der Waals surface area contributed by atoms with Crippen molar-refractivity contribution < 1.29 is 14.9 Å². The Morgan fingerprint density at radius 3 is 2.75 bits per heavy atom. The van der Waals surface area contributed by atoms with E-state index in [2.05, 4.69) is 20.9 Å². The Hall–Kier alpha value is -0.850. The molecular weight excluding hydrogens is 276 g/mol. The largest absolute Gasteiger partial charge is 0.480 e. The smallest absolute Gasteiger partial charge is 0.236 e. The topological polar surface area (TPSA) is 88.6 Å². The van der Waals surface area contributed by atoms with E-state index in [1.807, 2.05) is 0 Å². The van der Waals surface area contributed by atoms with Gasteiger partial charge in [-0.05, 0) is 12.5 Å². The lowest BCUT2D eigenvalue weighted by Gasteiger charge is -2.17. The summed E-state index contributed by atoms with van der Waals surface area (Å²) in [6.07, 6.45) is 0.0666. The maximum Gasteiger partial charge on any atom is 0.236 e. The van der Waals surface area contributed by atoms with Crippen LogP contribution in [-0.2, 0) is 0 Å². The number of hydrogen-bond donors (Lipinski definition) is 3. The van der Waals surface area contributed by atoms with Crippen molar-refractivity contribution in [2.45, 2.75) is 18.6 Å². The number of hydrogen-bond acceptors (Lipinski definition) is 5. The highest BCUT2D eigenvalue weighted by atomic mass is 79.9. The molecule has 0 spiro atoms. The molecule has 0 saturated carbocycles. The van der Waals surface area contributed by atoms with Crippen LogP contribution in [0.1, 0.15) is 18.1 Å². The number of anilines is 1. The molecule has 2 unspecified atom stereocenters. The molecule has 0 radical (unpaired) electrons. The van der Waals surface area contributed by atoms with Crippen LogP contribution in [0.25, 0.3) is 0 Å². The lowest BCUT2D eigenvalue weighted by Crippen LogP contribution is -2.19. The third-order valence-corrected chi connectivity index (χ3v) is 2.66. The minimum Gasteiger partial charge on any atom is -0.480 e. The van der Waals surface area contributed by atoms with Gasteiger partial charge in [0.05, 0.1) is 18.9 Å². The molecular formula is C10H15BrN2O3. The van der Waals surface area contributed by atoms with Crippen LogP contribution in [0.2, 0.25) is 0 Å². The standard InChI is InChI=1S/C10H15BrN2O3/c1-16-10-7(12)4-6(5-13-10)9(15)8(14)2-3-11/h4-5,8-9,14-15H,2-3,12H2,1H3. The van der Waals surface area contributed by atoms with E-state index in [0.29, 0.717) is 28.9 Å². The zero-order valence-electron chi connectivity index (χ0n) is 8.93. The summed E-state index contributed by atoms with van der Waals surface area (Å²) < 4.78 is 4.90. The van der Waals surface area contributed by atoms with Gasteiger partial charge in [0.2, 0.25) is 5.88 Å². The number of rotatable bonds is 5. The third kappa shape index (κ3) is 3.07. The molecule has 5 nitrogen and oxygen atoms in total. The highest BCUT2D eigenvalue weighted by Gasteiger charge is 2.19. The first-order chi connectivity index (χ1) is 7.60. The van der Waals surface area contributed by atoms with Crippen LogP contribution >= 0.6 is 15.9 Å². The number of methoxy groups -OCH3 is 1. The highest BCUT2D eigenvalue weighted by molar-refractivity contribution is 9.09. The fourth-order valence-corrected chi connectivity index (χ4v) is 1.78. The monoisotopic (exact) mass is 290 g/mol. The second-order valence-electron chi connectivity index (χ2n) is 3.36. The first-order valence-corrected chi connectivity index (χ1v) is 5.93. The van der Waals surface area contributed by atoms with Gasteiger partial charge in [0, 0.05) is 17.1 Å². The molecule has 0 saturated heterocycles. The number of pyridine rings is 1. The normalized spacial score (nSPS) is 14.5. The first kappa shape index (κ1) is 13.2. The molecule has 4 N–H and O–H groups in total. The van der Waals surface area contributed by atoms with Crippen molar-refractivity contribution >= 4 is 21.6 Å².